The molecule has 0 aliphatic heterocycles. The highest BCUT2D eigenvalue weighted by Crippen LogP contribution is 2.32. The monoisotopic (exact) mass is 295 g/mol. The maximum atomic E-state index is 12.9. The molecule has 0 saturated carbocycles. The Morgan fingerprint density at radius 2 is 1.90 bits per heavy atom. The molecule has 0 spiro atoms. The average Bonchev–Trinajstić information content (AvgIpc) is 2.45. The predicted molar refractivity (Wildman–Crippen MR) is 74.8 cm³/mol. The van der Waals surface area contributed by atoms with Gasteiger partial charge in [0.2, 0.25) is 0 Å². The van der Waals surface area contributed by atoms with Crippen LogP contribution in [0.5, 0.6) is 0 Å². The van der Waals surface area contributed by atoms with Crippen molar-refractivity contribution >= 4 is 5.82 Å². The molecule has 1 aromatic heterocycles. The minimum atomic E-state index is -4.35. The van der Waals surface area contributed by atoms with Gasteiger partial charge < -0.3 is 5.32 Å². The van der Waals surface area contributed by atoms with Crippen LogP contribution in [0, 0.1) is 0 Å². The van der Waals surface area contributed by atoms with Crippen molar-refractivity contribution in [1.29, 1.82) is 0 Å². The fourth-order valence-electron chi connectivity index (χ4n) is 2.02. The predicted octanol–water partition coefficient (Wildman–Crippen LogP) is 4.06. The fraction of sp³-hybridized carbons (Fsp3) is 0.333. The summed E-state index contributed by atoms with van der Waals surface area (Å²) in [4.78, 5) is 8.13. The van der Waals surface area contributed by atoms with Crippen molar-refractivity contribution in [2.24, 2.45) is 0 Å². The highest BCUT2D eigenvalue weighted by Gasteiger charge is 2.32. The second-order valence-corrected chi connectivity index (χ2v) is 4.65. The van der Waals surface area contributed by atoms with E-state index >= 15 is 0 Å². The highest BCUT2D eigenvalue weighted by molar-refractivity contribution is 5.38. The van der Waals surface area contributed by atoms with E-state index < -0.39 is 11.7 Å². The third-order valence-electron chi connectivity index (χ3n) is 3.01. The van der Waals surface area contributed by atoms with E-state index in [4.69, 9.17) is 0 Å². The Morgan fingerprint density at radius 3 is 2.62 bits per heavy atom. The van der Waals surface area contributed by atoms with Crippen LogP contribution in [0.4, 0.5) is 19.0 Å². The number of hydrogen-bond donors (Lipinski definition) is 1. The van der Waals surface area contributed by atoms with Crippen LogP contribution in [0.25, 0.3) is 0 Å². The second kappa shape index (κ2) is 6.56. The van der Waals surface area contributed by atoms with Gasteiger partial charge in [-0.3, -0.25) is 0 Å². The van der Waals surface area contributed by atoms with Gasteiger partial charge in [0.25, 0.3) is 0 Å². The van der Waals surface area contributed by atoms with Crippen molar-refractivity contribution in [1.82, 2.24) is 9.97 Å². The first-order valence-electron chi connectivity index (χ1n) is 6.70. The molecule has 1 N–H and O–H groups in total. The molecule has 0 radical (unpaired) electrons. The van der Waals surface area contributed by atoms with E-state index in [9.17, 15) is 13.2 Å². The van der Waals surface area contributed by atoms with Crippen molar-refractivity contribution in [2.45, 2.75) is 32.5 Å². The van der Waals surface area contributed by atoms with Crippen LogP contribution in [-0.2, 0) is 19.1 Å². The summed E-state index contributed by atoms with van der Waals surface area (Å²) >= 11 is 0. The molecule has 1 aromatic carbocycles. The number of nitrogens with zero attached hydrogens (tertiary/aromatic N) is 2. The maximum absolute atomic E-state index is 12.9. The van der Waals surface area contributed by atoms with Crippen LogP contribution in [0.1, 0.15) is 30.2 Å². The van der Waals surface area contributed by atoms with Gasteiger partial charge in [-0.1, -0.05) is 31.5 Å². The number of anilines is 1. The van der Waals surface area contributed by atoms with Gasteiger partial charge in [0.1, 0.15) is 12.1 Å². The average molecular weight is 295 g/mol. The van der Waals surface area contributed by atoms with E-state index in [0.717, 1.165) is 24.6 Å². The summed E-state index contributed by atoms with van der Waals surface area (Å²) in [5, 5.41) is 2.92. The lowest BCUT2D eigenvalue weighted by atomic mass is 10.1. The second-order valence-electron chi connectivity index (χ2n) is 4.65. The molecule has 0 amide bonds. The topological polar surface area (TPSA) is 37.8 Å². The largest absolute Gasteiger partial charge is 0.416 e. The van der Waals surface area contributed by atoms with Gasteiger partial charge in [0, 0.05) is 18.3 Å². The Balaban J connectivity index is 2.12. The smallest absolute Gasteiger partial charge is 0.366 e. The van der Waals surface area contributed by atoms with Gasteiger partial charge in [-0.05, 0) is 18.1 Å². The number of benzene rings is 1. The summed E-state index contributed by atoms with van der Waals surface area (Å²) in [6.07, 6.45) is -1.16. The number of halogens is 3. The molecule has 0 saturated heterocycles. The molecule has 1 heterocycles. The Hall–Kier alpha value is -2.11. The SMILES string of the molecule is CCCc1cc(NCc2ccccc2C(F)(F)F)ncn1. The quantitative estimate of drug-likeness (QED) is 0.904. The van der Waals surface area contributed by atoms with Gasteiger partial charge >= 0.3 is 6.18 Å². The molecular formula is C15H16F3N3. The van der Waals surface area contributed by atoms with Gasteiger partial charge in [-0.25, -0.2) is 9.97 Å². The molecular weight excluding hydrogens is 279 g/mol. The summed E-state index contributed by atoms with van der Waals surface area (Å²) in [5.41, 5.74) is 0.445. The van der Waals surface area contributed by atoms with Crippen molar-refractivity contribution in [2.75, 3.05) is 5.32 Å². The number of alkyl halides is 3. The molecule has 0 atom stereocenters. The number of aryl methyl sites for hydroxylation is 1. The van der Waals surface area contributed by atoms with Gasteiger partial charge in [-0.15, -0.1) is 0 Å². The first kappa shape index (κ1) is 15.3. The van der Waals surface area contributed by atoms with Crippen LogP contribution >= 0.6 is 0 Å². The number of rotatable bonds is 5. The zero-order valence-corrected chi connectivity index (χ0v) is 11.6. The van der Waals surface area contributed by atoms with Gasteiger partial charge in [0.05, 0.1) is 5.56 Å². The Bertz CT molecular complexity index is 597. The highest BCUT2D eigenvalue weighted by atomic mass is 19.4. The lowest BCUT2D eigenvalue weighted by molar-refractivity contribution is -0.138. The van der Waals surface area contributed by atoms with Crippen LogP contribution in [0.2, 0.25) is 0 Å². The summed E-state index contributed by atoms with van der Waals surface area (Å²) in [6, 6.07) is 7.29. The van der Waals surface area contributed by atoms with Crippen molar-refractivity contribution in [3.8, 4) is 0 Å². The molecule has 21 heavy (non-hydrogen) atoms. The third-order valence-corrected chi connectivity index (χ3v) is 3.01. The Kier molecular flexibility index (Phi) is 4.77. The molecule has 0 bridgehead atoms. The maximum Gasteiger partial charge on any atom is 0.416 e. The van der Waals surface area contributed by atoms with E-state index in [0.29, 0.717) is 5.82 Å². The Morgan fingerprint density at radius 1 is 1.14 bits per heavy atom. The zero-order valence-electron chi connectivity index (χ0n) is 11.6. The van der Waals surface area contributed by atoms with E-state index in [1.165, 1.54) is 18.5 Å². The summed E-state index contributed by atoms with van der Waals surface area (Å²) in [7, 11) is 0. The Labute approximate surface area is 121 Å². The first-order valence-corrected chi connectivity index (χ1v) is 6.70. The van der Waals surface area contributed by atoms with Crippen LogP contribution in [-0.4, -0.2) is 9.97 Å². The molecule has 2 rings (SSSR count). The molecule has 6 heteroatoms. The van der Waals surface area contributed by atoms with Crippen LogP contribution < -0.4 is 5.32 Å². The minimum Gasteiger partial charge on any atom is -0.366 e. The van der Waals surface area contributed by atoms with E-state index in [1.54, 1.807) is 12.1 Å². The zero-order chi connectivity index (χ0) is 15.3. The van der Waals surface area contributed by atoms with Crippen molar-refractivity contribution in [3.05, 3.63) is 53.5 Å². The standard InChI is InChI=1S/C15H16F3N3/c1-2-5-12-8-14(21-10-20-12)19-9-11-6-3-4-7-13(11)15(16,17)18/h3-4,6-8,10H,2,5,9H2,1H3,(H,19,20,21). The molecule has 0 aliphatic carbocycles. The lowest BCUT2D eigenvalue weighted by Gasteiger charge is -2.13. The molecule has 2 aromatic rings. The van der Waals surface area contributed by atoms with Crippen molar-refractivity contribution in [3.63, 3.8) is 0 Å². The number of hydrogen-bond acceptors (Lipinski definition) is 3. The van der Waals surface area contributed by atoms with Crippen LogP contribution in [0.15, 0.2) is 36.7 Å². The van der Waals surface area contributed by atoms with Crippen molar-refractivity contribution < 1.29 is 13.2 Å². The molecule has 0 fully saturated rings. The summed E-state index contributed by atoms with van der Waals surface area (Å²) < 4.78 is 38.7. The normalized spacial score (nSPS) is 11.4. The first-order chi connectivity index (χ1) is 10.0. The van der Waals surface area contributed by atoms with Gasteiger partial charge in [-0.2, -0.15) is 13.2 Å². The number of nitrogens with one attached hydrogen (secondary N) is 1. The molecule has 3 nitrogen and oxygen atoms in total. The molecule has 112 valence electrons. The summed E-state index contributed by atoms with van der Waals surface area (Å²) in [5.74, 6) is 0.533. The third kappa shape index (κ3) is 4.18. The fourth-order valence-corrected chi connectivity index (χ4v) is 2.02. The number of aromatic nitrogens is 2. The van der Waals surface area contributed by atoms with E-state index in [2.05, 4.69) is 15.3 Å². The van der Waals surface area contributed by atoms with Crippen LogP contribution in [0.3, 0.4) is 0 Å². The lowest BCUT2D eigenvalue weighted by Crippen LogP contribution is -2.12. The summed E-state index contributed by atoms with van der Waals surface area (Å²) in [6.45, 7) is 2.10. The minimum absolute atomic E-state index is 0.0677. The molecule has 0 unspecified atom stereocenters. The van der Waals surface area contributed by atoms with Gasteiger partial charge in [0.15, 0.2) is 0 Å². The molecule has 0 aliphatic rings. The van der Waals surface area contributed by atoms with E-state index in [1.807, 2.05) is 6.92 Å². The van der Waals surface area contributed by atoms with E-state index in [-0.39, 0.29) is 12.1 Å².